The zero-order valence-corrected chi connectivity index (χ0v) is 12.4. The number of hydrogen-bond donors (Lipinski definition) is 1. The van der Waals surface area contributed by atoms with Crippen LogP contribution in [0.4, 0.5) is 0 Å². The molecule has 0 radical (unpaired) electrons. The van der Waals surface area contributed by atoms with Gasteiger partial charge in [0.2, 0.25) is 0 Å². The average Bonchev–Trinajstić information content (AvgIpc) is 2.99. The third-order valence-corrected chi connectivity index (χ3v) is 3.94. The zero-order chi connectivity index (χ0) is 15.4. The van der Waals surface area contributed by atoms with Gasteiger partial charge in [-0.2, -0.15) is 0 Å². The normalized spacial score (nSPS) is 15.5. The molecule has 0 atom stereocenters. The minimum absolute atomic E-state index is 0.0234. The second kappa shape index (κ2) is 6.47. The molecular weight excluding hydrogens is 278 g/mol. The van der Waals surface area contributed by atoms with Gasteiger partial charge in [-0.05, 0) is 24.6 Å². The summed E-state index contributed by atoms with van der Waals surface area (Å²) < 4.78 is 0. The van der Waals surface area contributed by atoms with Crippen molar-refractivity contribution < 1.29 is 9.59 Å². The van der Waals surface area contributed by atoms with Gasteiger partial charge < -0.3 is 14.8 Å². The number of aromatic amines is 1. The second-order valence-electron chi connectivity index (χ2n) is 5.40. The molecule has 2 amide bonds. The molecule has 5 nitrogen and oxygen atoms in total. The van der Waals surface area contributed by atoms with Crippen LogP contribution in [0.15, 0.2) is 48.8 Å². The van der Waals surface area contributed by atoms with E-state index in [1.165, 1.54) is 0 Å². The highest BCUT2D eigenvalue weighted by atomic mass is 16.2. The fourth-order valence-electron chi connectivity index (χ4n) is 2.73. The molecule has 0 aliphatic carbocycles. The van der Waals surface area contributed by atoms with Crippen molar-refractivity contribution in [1.29, 1.82) is 0 Å². The van der Waals surface area contributed by atoms with Crippen molar-refractivity contribution in [2.45, 2.75) is 6.42 Å². The fourth-order valence-corrected chi connectivity index (χ4v) is 2.73. The van der Waals surface area contributed by atoms with E-state index >= 15 is 0 Å². The summed E-state index contributed by atoms with van der Waals surface area (Å²) in [6, 6.07) is 11.1. The van der Waals surface area contributed by atoms with Gasteiger partial charge in [0.1, 0.15) is 0 Å². The van der Waals surface area contributed by atoms with E-state index in [-0.39, 0.29) is 11.8 Å². The first kappa shape index (κ1) is 14.4. The highest BCUT2D eigenvalue weighted by Gasteiger charge is 2.23. The predicted molar refractivity (Wildman–Crippen MR) is 83.7 cm³/mol. The molecule has 1 aromatic carbocycles. The van der Waals surface area contributed by atoms with Crippen molar-refractivity contribution >= 4 is 11.8 Å². The van der Waals surface area contributed by atoms with Crippen LogP contribution < -0.4 is 0 Å². The Morgan fingerprint density at radius 1 is 0.818 bits per heavy atom. The lowest BCUT2D eigenvalue weighted by molar-refractivity contribution is 0.0719. The van der Waals surface area contributed by atoms with Crippen LogP contribution in [0, 0.1) is 0 Å². The SMILES string of the molecule is O=C(c1ccccc1)N1CCCN(C(=O)c2cc[nH]c2)CC1. The quantitative estimate of drug-likeness (QED) is 0.922. The van der Waals surface area contributed by atoms with Gasteiger partial charge in [-0.3, -0.25) is 9.59 Å². The Labute approximate surface area is 129 Å². The molecule has 1 aromatic heterocycles. The Bertz CT molecular complexity index is 637. The van der Waals surface area contributed by atoms with Crippen LogP contribution in [0.2, 0.25) is 0 Å². The molecule has 2 aromatic rings. The van der Waals surface area contributed by atoms with Gasteiger partial charge in [0.05, 0.1) is 5.56 Å². The molecule has 3 rings (SSSR count). The van der Waals surface area contributed by atoms with Crippen molar-refractivity contribution in [3.05, 3.63) is 59.9 Å². The molecule has 0 spiro atoms. The molecule has 1 aliphatic rings. The highest BCUT2D eigenvalue weighted by Crippen LogP contribution is 2.11. The zero-order valence-electron chi connectivity index (χ0n) is 12.4. The van der Waals surface area contributed by atoms with Crippen molar-refractivity contribution in [3.63, 3.8) is 0 Å². The van der Waals surface area contributed by atoms with E-state index < -0.39 is 0 Å². The van der Waals surface area contributed by atoms with Crippen LogP contribution in [-0.4, -0.2) is 52.8 Å². The topological polar surface area (TPSA) is 56.4 Å². The summed E-state index contributed by atoms with van der Waals surface area (Å²) >= 11 is 0. The van der Waals surface area contributed by atoms with Gasteiger partial charge >= 0.3 is 0 Å². The smallest absolute Gasteiger partial charge is 0.255 e. The Morgan fingerprint density at radius 2 is 1.45 bits per heavy atom. The van der Waals surface area contributed by atoms with Crippen LogP contribution in [0.3, 0.4) is 0 Å². The van der Waals surface area contributed by atoms with Crippen LogP contribution in [-0.2, 0) is 0 Å². The van der Waals surface area contributed by atoms with Crippen LogP contribution in [0.25, 0.3) is 0 Å². The number of benzene rings is 1. The molecule has 1 aliphatic heterocycles. The molecule has 114 valence electrons. The molecule has 1 saturated heterocycles. The molecule has 5 heteroatoms. The minimum atomic E-state index is 0.0234. The minimum Gasteiger partial charge on any atom is -0.367 e. The maximum atomic E-state index is 12.5. The number of hydrogen-bond acceptors (Lipinski definition) is 2. The second-order valence-corrected chi connectivity index (χ2v) is 5.40. The van der Waals surface area contributed by atoms with Crippen molar-refractivity contribution in [2.24, 2.45) is 0 Å². The number of amides is 2. The first-order valence-corrected chi connectivity index (χ1v) is 7.52. The Balaban J connectivity index is 1.65. The maximum Gasteiger partial charge on any atom is 0.255 e. The fraction of sp³-hybridized carbons (Fsp3) is 0.294. The number of aromatic nitrogens is 1. The summed E-state index contributed by atoms with van der Waals surface area (Å²) in [5.41, 5.74) is 1.37. The van der Waals surface area contributed by atoms with Gasteiger partial charge in [0.25, 0.3) is 11.8 Å². The lowest BCUT2D eigenvalue weighted by atomic mass is 10.2. The summed E-state index contributed by atoms with van der Waals surface area (Å²) in [4.78, 5) is 31.4. The molecule has 22 heavy (non-hydrogen) atoms. The van der Waals surface area contributed by atoms with Crippen LogP contribution in [0.1, 0.15) is 27.1 Å². The highest BCUT2D eigenvalue weighted by molar-refractivity contribution is 5.95. The summed E-state index contributed by atoms with van der Waals surface area (Å²) in [6.45, 7) is 2.51. The molecule has 1 fully saturated rings. The Kier molecular flexibility index (Phi) is 4.23. The molecule has 1 N–H and O–H groups in total. The number of carbonyl (C=O) groups excluding carboxylic acids is 2. The number of carbonyl (C=O) groups is 2. The Hall–Kier alpha value is -2.56. The lowest BCUT2D eigenvalue weighted by Crippen LogP contribution is -2.37. The number of nitrogens with zero attached hydrogens (tertiary/aromatic N) is 2. The largest absolute Gasteiger partial charge is 0.367 e. The number of H-pyrrole nitrogens is 1. The van der Waals surface area contributed by atoms with Gasteiger partial charge in [-0.15, -0.1) is 0 Å². The van der Waals surface area contributed by atoms with Crippen molar-refractivity contribution in [1.82, 2.24) is 14.8 Å². The maximum absolute atomic E-state index is 12.5. The molecule has 0 unspecified atom stereocenters. The first-order valence-electron chi connectivity index (χ1n) is 7.52. The third-order valence-electron chi connectivity index (χ3n) is 3.94. The van der Waals surface area contributed by atoms with E-state index in [1.807, 2.05) is 40.1 Å². The summed E-state index contributed by atoms with van der Waals surface area (Å²) in [7, 11) is 0. The number of rotatable bonds is 2. The van der Waals surface area contributed by atoms with E-state index in [0.717, 1.165) is 6.42 Å². The van der Waals surface area contributed by atoms with Gasteiger partial charge in [0, 0.05) is 44.1 Å². The summed E-state index contributed by atoms with van der Waals surface area (Å²) in [5, 5.41) is 0. The standard InChI is InChI=1S/C17H19N3O2/c21-16(14-5-2-1-3-6-14)19-9-4-10-20(12-11-19)17(22)15-7-8-18-13-15/h1-3,5-8,13,18H,4,9-12H2. The van der Waals surface area contributed by atoms with Crippen molar-refractivity contribution in [2.75, 3.05) is 26.2 Å². The summed E-state index contributed by atoms with van der Waals surface area (Å²) in [5.74, 6) is 0.0619. The molecule has 2 heterocycles. The summed E-state index contributed by atoms with van der Waals surface area (Å²) in [6.07, 6.45) is 4.26. The average molecular weight is 297 g/mol. The van der Waals surface area contributed by atoms with E-state index in [9.17, 15) is 9.59 Å². The van der Waals surface area contributed by atoms with Crippen molar-refractivity contribution in [3.8, 4) is 0 Å². The molecule has 0 saturated carbocycles. The van der Waals surface area contributed by atoms with E-state index in [2.05, 4.69) is 4.98 Å². The van der Waals surface area contributed by atoms with E-state index in [4.69, 9.17) is 0 Å². The van der Waals surface area contributed by atoms with Crippen LogP contribution >= 0.6 is 0 Å². The molecule has 0 bridgehead atoms. The van der Waals surface area contributed by atoms with E-state index in [1.54, 1.807) is 18.5 Å². The first-order chi connectivity index (χ1) is 10.8. The van der Waals surface area contributed by atoms with Gasteiger partial charge in [0.15, 0.2) is 0 Å². The van der Waals surface area contributed by atoms with Gasteiger partial charge in [-0.1, -0.05) is 18.2 Å². The van der Waals surface area contributed by atoms with Crippen LogP contribution in [0.5, 0.6) is 0 Å². The monoisotopic (exact) mass is 297 g/mol. The molecular formula is C17H19N3O2. The third kappa shape index (κ3) is 3.03. The Morgan fingerprint density at radius 3 is 2.05 bits per heavy atom. The predicted octanol–water partition coefficient (Wildman–Crippen LogP) is 2.00. The lowest BCUT2D eigenvalue weighted by Gasteiger charge is -2.22. The number of nitrogens with one attached hydrogen (secondary N) is 1. The van der Waals surface area contributed by atoms with E-state index in [0.29, 0.717) is 37.3 Å². The van der Waals surface area contributed by atoms with Gasteiger partial charge in [-0.25, -0.2) is 0 Å².